The van der Waals surface area contributed by atoms with Crippen LogP contribution in [0.25, 0.3) is 11.0 Å². The molecule has 6 nitrogen and oxygen atoms in total. The zero-order valence-corrected chi connectivity index (χ0v) is 6.51. The smallest absolute Gasteiger partial charge is 0.346 e. The van der Waals surface area contributed by atoms with E-state index in [0.717, 1.165) is 0 Å². The molecule has 0 radical (unpaired) electrons. The first kappa shape index (κ1) is 7.53. The number of H-pyrrole nitrogens is 1. The Hall–Kier alpha value is -2.11. The first-order valence-electron chi connectivity index (χ1n) is 3.58. The Morgan fingerprint density at radius 3 is 2.46 bits per heavy atom. The second-order valence-electron chi connectivity index (χ2n) is 2.53. The Balaban J connectivity index is 3.06. The fourth-order valence-electron chi connectivity index (χ4n) is 1.13. The van der Waals surface area contributed by atoms with Crippen LogP contribution in [0.5, 0.6) is 0 Å². The Bertz CT molecular complexity index is 520. The minimum absolute atomic E-state index is 0.230. The molecule has 0 atom stereocenters. The van der Waals surface area contributed by atoms with Crippen molar-refractivity contribution in [2.45, 2.75) is 0 Å². The van der Waals surface area contributed by atoms with Gasteiger partial charge in [0.1, 0.15) is 0 Å². The zero-order chi connectivity index (χ0) is 9.42. The van der Waals surface area contributed by atoms with Gasteiger partial charge >= 0.3 is 11.2 Å². The van der Waals surface area contributed by atoms with E-state index in [2.05, 4.69) is 0 Å². The van der Waals surface area contributed by atoms with Gasteiger partial charge in [0.2, 0.25) is 0 Å². The van der Waals surface area contributed by atoms with Crippen LogP contribution in [-0.4, -0.2) is 15.5 Å². The molecule has 66 valence electrons. The number of rotatable bonds is 0. The highest BCUT2D eigenvalue weighted by Crippen LogP contribution is 1.99. The van der Waals surface area contributed by atoms with Crippen molar-refractivity contribution in [2.24, 2.45) is 0 Å². The number of nitrogens with one attached hydrogen (secondary N) is 1. The van der Waals surface area contributed by atoms with E-state index in [4.69, 9.17) is 0 Å². The van der Waals surface area contributed by atoms with Crippen LogP contribution >= 0.6 is 0 Å². The van der Waals surface area contributed by atoms with Crippen molar-refractivity contribution in [3.05, 3.63) is 34.7 Å². The number of hydrogen-bond donors (Lipinski definition) is 3. The van der Waals surface area contributed by atoms with Gasteiger partial charge in [0.25, 0.3) is 5.52 Å². The van der Waals surface area contributed by atoms with Crippen LogP contribution in [0.3, 0.4) is 0 Å². The molecule has 0 saturated carbocycles. The first-order chi connectivity index (χ1) is 6.20. The van der Waals surface area contributed by atoms with Crippen molar-refractivity contribution in [2.75, 3.05) is 0 Å². The molecule has 0 unspecified atom stereocenters. The molecule has 0 aliphatic heterocycles. The minimum atomic E-state index is -0.804. The molecule has 13 heavy (non-hydrogen) atoms. The van der Waals surface area contributed by atoms with Gasteiger partial charge in [-0.05, 0) is 6.07 Å². The van der Waals surface area contributed by atoms with Crippen LogP contribution in [0.15, 0.2) is 29.1 Å². The van der Waals surface area contributed by atoms with Crippen molar-refractivity contribution in [3.8, 4) is 0 Å². The Morgan fingerprint density at radius 2 is 1.77 bits per heavy atom. The maximum atomic E-state index is 10.9. The van der Waals surface area contributed by atoms with Gasteiger partial charge in [0.15, 0.2) is 4.85 Å². The summed E-state index contributed by atoms with van der Waals surface area (Å²) in [5.41, 5.74) is -0.264. The molecule has 0 aliphatic carbocycles. The monoisotopic (exact) mass is 181 g/mol. The highest BCUT2D eigenvalue weighted by atomic mass is 16.5. The SMILES string of the molecule is O=c1[nH][n+](O)c2ccccc2[n+]1O. The summed E-state index contributed by atoms with van der Waals surface area (Å²) in [6.07, 6.45) is 0. The van der Waals surface area contributed by atoms with E-state index >= 15 is 0 Å². The lowest BCUT2D eigenvalue weighted by atomic mass is 10.3. The number of benzene rings is 1. The molecule has 3 N–H and O–H groups in total. The third-order valence-corrected chi connectivity index (χ3v) is 1.73. The largest absolute Gasteiger partial charge is 0.594 e. The Morgan fingerprint density at radius 1 is 1.15 bits per heavy atom. The number of para-hydroxylation sites is 2. The molecule has 0 spiro atoms. The number of nitrogens with zero attached hydrogens (tertiary/aromatic N) is 2. The normalized spacial score (nSPS) is 10.5. The van der Waals surface area contributed by atoms with E-state index in [1.54, 1.807) is 18.2 Å². The zero-order valence-electron chi connectivity index (χ0n) is 6.51. The molecular weight excluding hydrogens is 174 g/mol. The van der Waals surface area contributed by atoms with E-state index in [-0.39, 0.29) is 5.52 Å². The van der Waals surface area contributed by atoms with Crippen molar-refractivity contribution >= 4 is 11.0 Å². The molecule has 1 aromatic heterocycles. The van der Waals surface area contributed by atoms with Crippen molar-refractivity contribution in [3.63, 3.8) is 0 Å². The lowest BCUT2D eigenvalue weighted by Crippen LogP contribution is -2.57. The van der Waals surface area contributed by atoms with E-state index in [0.29, 0.717) is 15.1 Å². The van der Waals surface area contributed by atoms with Gasteiger partial charge in [0.05, 0.1) is 5.10 Å². The van der Waals surface area contributed by atoms with Gasteiger partial charge in [0, 0.05) is 10.8 Å². The fraction of sp³-hybridized carbons (Fsp3) is 0. The van der Waals surface area contributed by atoms with E-state index in [1.807, 2.05) is 5.10 Å². The molecule has 1 aromatic carbocycles. The fourth-order valence-corrected chi connectivity index (χ4v) is 1.13. The van der Waals surface area contributed by atoms with Gasteiger partial charge in [-0.3, -0.25) is 0 Å². The molecule has 0 bridgehead atoms. The first-order valence-corrected chi connectivity index (χ1v) is 3.58. The Kier molecular flexibility index (Phi) is 1.42. The second kappa shape index (κ2) is 2.44. The summed E-state index contributed by atoms with van der Waals surface area (Å²) in [6.45, 7) is 0. The third kappa shape index (κ3) is 0.994. The summed E-state index contributed by atoms with van der Waals surface area (Å²) in [7, 11) is 0. The minimum Gasteiger partial charge on any atom is -0.346 e. The van der Waals surface area contributed by atoms with Gasteiger partial charge in [-0.2, -0.15) is 4.79 Å². The predicted octanol–water partition coefficient (Wildman–Crippen LogP) is -1.42. The van der Waals surface area contributed by atoms with Crippen LogP contribution in [0.2, 0.25) is 0 Å². The van der Waals surface area contributed by atoms with Crippen LogP contribution in [-0.2, 0) is 0 Å². The standard InChI is InChI=1S/C7H6N3O3/c11-7-8-10(13)6-4-2-1-3-5(6)9(7)12/h1-4,12H,(H,8,11,13)/q+1/p+1. The number of aromatic amines is 1. The molecule has 2 rings (SSSR count). The maximum Gasteiger partial charge on any atom is 0.594 e. The molecule has 0 aliphatic rings. The second-order valence-corrected chi connectivity index (χ2v) is 2.53. The Labute approximate surface area is 71.8 Å². The summed E-state index contributed by atoms with van der Waals surface area (Å²) in [4.78, 5) is 11.5. The topological polar surface area (TPSA) is 81.1 Å². The average molecular weight is 181 g/mol. The number of hydrogen-bond acceptors (Lipinski definition) is 3. The van der Waals surface area contributed by atoms with Gasteiger partial charge in [-0.25, -0.2) is 5.21 Å². The summed E-state index contributed by atoms with van der Waals surface area (Å²) >= 11 is 0. The molecule has 0 saturated heterocycles. The molecule has 6 heteroatoms. The van der Waals surface area contributed by atoms with Gasteiger partial charge in [-0.15, -0.1) is 0 Å². The quantitative estimate of drug-likeness (QED) is 0.344. The van der Waals surface area contributed by atoms with Crippen molar-refractivity contribution < 1.29 is 20.0 Å². The third-order valence-electron chi connectivity index (χ3n) is 1.73. The van der Waals surface area contributed by atoms with Crippen LogP contribution < -0.4 is 15.3 Å². The van der Waals surface area contributed by atoms with Crippen LogP contribution in [0, 0.1) is 0 Å². The van der Waals surface area contributed by atoms with Crippen molar-refractivity contribution in [1.29, 1.82) is 0 Å². The van der Waals surface area contributed by atoms with E-state index < -0.39 is 5.69 Å². The highest BCUT2D eigenvalue weighted by Gasteiger charge is 2.21. The predicted molar refractivity (Wildman–Crippen MR) is 39.3 cm³/mol. The summed E-state index contributed by atoms with van der Waals surface area (Å²) in [5.74, 6) is 0. The summed E-state index contributed by atoms with van der Waals surface area (Å²) in [5, 5.41) is 20.5. The highest BCUT2D eigenvalue weighted by molar-refractivity contribution is 5.66. The lowest BCUT2D eigenvalue weighted by molar-refractivity contribution is -0.962. The molecule has 1 heterocycles. The maximum absolute atomic E-state index is 10.9. The molecule has 2 aromatic rings. The molecular formula is C7H7N3O3+2. The van der Waals surface area contributed by atoms with Crippen molar-refractivity contribution in [1.82, 2.24) is 5.10 Å². The lowest BCUT2D eigenvalue weighted by Gasteiger charge is -1.88. The summed E-state index contributed by atoms with van der Waals surface area (Å²) in [6, 6.07) is 6.39. The average Bonchev–Trinajstić information content (AvgIpc) is 2.15. The van der Waals surface area contributed by atoms with E-state index in [9.17, 15) is 15.2 Å². The van der Waals surface area contributed by atoms with Crippen LogP contribution in [0.4, 0.5) is 0 Å². The number of fused-ring (bicyclic) bond motifs is 1. The number of aromatic nitrogens is 3. The van der Waals surface area contributed by atoms with Crippen LogP contribution in [0.1, 0.15) is 0 Å². The van der Waals surface area contributed by atoms with Gasteiger partial charge in [-0.1, -0.05) is 12.1 Å². The molecule has 0 fully saturated rings. The van der Waals surface area contributed by atoms with E-state index in [1.165, 1.54) is 6.07 Å². The molecule has 0 amide bonds. The van der Waals surface area contributed by atoms with Gasteiger partial charge < -0.3 is 5.21 Å². The summed E-state index contributed by atoms with van der Waals surface area (Å²) < 4.78 is 0.433.